The molecule has 0 bridgehead atoms. The van der Waals surface area contributed by atoms with Crippen LogP contribution in [0.1, 0.15) is 16.7 Å². The first-order valence-corrected chi connectivity index (χ1v) is 6.97. The molecule has 100 valence electrons. The van der Waals surface area contributed by atoms with E-state index in [1.807, 2.05) is 41.3 Å². The second-order valence-electron chi connectivity index (χ2n) is 5.38. The molecule has 2 aromatic rings. The molecule has 0 saturated heterocycles. The van der Waals surface area contributed by atoms with Crippen LogP contribution in [0, 0.1) is 0 Å². The minimum atomic E-state index is -0.965. The lowest BCUT2D eigenvalue weighted by molar-refractivity contribution is -0.0637. The maximum Gasteiger partial charge on any atom is 0.170 e. The van der Waals surface area contributed by atoms with Crippen molar-refractivity contribution in [2.75, 3.05) is 13.1 Å². The van der Waals surface area contributed by atoms with Crippen LogP contribution in [0.25, 0.3) is 0 Å². The van der Waals surface area contributed by atoms with Gasteiger partial charge < -0.3 is 10.0 Å². The molecule has 2 aliphatic heterocycles. The Morgan fingerprint density at radius 2 is 1.80 bits per heavy atom. The summed E-state index contributed by atoms with van der Waals surface area (Å²) in [4.78, 5) is 6.60. The van der Waals surface area contributed by atoms with Crippen molar-refractivity contribution in [1.29, 1.82) is 0 Å². The van der Waals surface area contributed by atoms with Gasteiger partial charge in [0.05, 0.1) is 6.54 Å². The molecule has 20 heavy (non-hydrogen) atoms. The maximum absolute atomic E-state index is 11.3. The topological polar surface area (TPSA) is 35.8 Å². The van der Waals surface area contributed by atoms with Crippen LogP contribution < -0.4 is 0 Å². The highest BCUT2D eigenvalue weighted by molar-refractivity contribution is 6.04. The molecule has 0 spiro atoms. The second-order valence-corrected chi connectivity index (χ2v) is 5.38. The number of nitrogens with zero attached hydrogens (tertiary/aromatic N) is 2. The van der Waals surface area contributed by atoms with Crippen molar-refractivity contribution >= 4 is 5.84 Å². The van der Waals surface area contributed by atoms with Gasteiger partial charge in [-0.15, -0.1) is 0 Å². The van der Waals surface area contributed by atoms with Gasteiger partial charge in [-0.05, 0) is 5.56 Å². The van der Waals surface area contributed by atoms with Crippen molar-refractivity contribution in [3.8, 4) is 0 Å². The van der Waals surface area contributed by atoms with Crippen LogP contribution in [0.2, 0.25) is 0 Å². The Bertz CT molecular complexity index is 680. The zero-order chi connectivity index (χ0) is 13.6. The van der Waals surface area contributed by atoms with Gasteiger partial charge >= 0.3 is 0 Å². The first kappa shape index (κ1) is 11.7. The lowest BCUT2D eigenvalue weighted by Gasteiger charge is -2.33. The van der Waals surface area contributed by atoms with Gasteiger partial charge in [-0.3, -0.25) is 4.99 Å². The normalized spacial score (nSPS) is 23.4. The van der Waals surface area contributed by atoms with Crippen molar-refractivity contribution in [2.45, 2.75) is 12.1 Å². The third-order valence-corrected chi connectivity index (χ3v) is 4.18. The van der Waals surface area contributed by atoms with Crippen molar-refractivity contribution in [3.63, 3.8) is 0 Å². The molecule has 4 rings (SSSR count). The molecule has 3 nitrogen and oxygen atoms in total. The number of hydrogen-bond donors (Lipinski definition) is 1. The summed E-state index contributed by atoms with van der Waals surface area (Å²) in [5.74, 6) is 0.944. The standard InChI is InChI=1S/C17H16N2O/c20-17(12-13-6-2-1-3-7-13)15-9-5-4-8-14(15)16-18-10-11-19(16)17/h1-9,20H,10-12H2. The average Bonchev–Trinajstić information content (AvgIpc) is 3.05. The number of amidine groups is 1. The van der Waals surface area contributed by atoms with Crippen molar-refractivity contribution in [1.82, 2.24) is 4.90 Å². The molecule has 0 aromatic heterocycles. The smallest absolute Gasteiger partial charge is 0.170 e. The molecule has 0 fully saturated rings. The molecule has 0 saturated carbocycles. The van der Waals surface area contributed by atoms with Crippen molar-refractivity contribution in [3.05, 3.63) is 71.3 Å². The summed E-state index contributed by atoms with van der Waals surface area (Å²) >= 11 is 0. The van der Waals surface area contributed by atoms with Crippen molar-refractivity contribution in [2.24, 2.45) is 4.99 Å². The summed E-state index contributed by atoms with van der Waals surface area (Å²) in [5, 5.41) is 11.3. The van der Waals surface area contributed by atoms with Gasteiger partial charge in [0.25, 0.3) is 0 Å². The van der Waals surface area contributed by atoms with E-state index in [1.165, 1.54) is 0 Å². The Hall–Kier alpha value is -2.13. The highest BCUT2D eigenvalue weighted by atomic mass is 16.3. The number of rotatable bonds is 2. The van der Waals surface area contributed by atoms with Gasteiger partial charge in [0.1, 0.15) is 5.84 Å². The molecule has 1 N–H and O–H groups in total. The van der Waals surface area contributed by atoms with Crippen LogP contribution in [0.5, 0.6) is 0 Å². The minimum Gasteiger partial charge on any atom is -0.366 e. The Kier molecular flexibility index (Phi) is 2.44. The molecule has 0 aliphatic carbocycles. The minimum absolute atomic E-state index is 0.587. The zero-order valence-electron chi connectivity index (χ0n) is 11.2. The second kappa shape index (κ2) is 4.18. The van der Waals surface area contributed by atoms with Gasteiger partial charge in [0.2, 0.25) is 0 Å². The first-order chi connectivity index (χ1) is 9.79. The fourth-order valence-electron chi connectivity index (χ4n) is 3.28. The third kappa shape index (κ3) is 1.53. The van der Waals surface area contributed by atoms with E-state index >= 15 is 0 Å². The fraction of sp³-hybridized carbons (Fsp3) is 0.235. The Morgan fingerprint density at radius 1 is 1.05 bits per heavy atom. The molecule has 2 heterocycles. The molecule has 3 heteroatoms. The van der Waals surface area contributed by atoms with E-state index in [0.29, 0.717) is 6.42 Å². The van der Waals surface area contributed by atoms with E-state index in [0.717, 1.165) is 35.6 Å². The highest BCUT2D eigenvalue weighted by Crippen LogP contribution is 2.41. The van der Waals surface area contributed by atoms with Gasteiger partial charge in [0, 0.05) is 24.1 Å². The molecule has 2 aromatic carbocycles. The predicted octanol–water partition coefficient (Wildman–Crippen LogP) is 2.15. The largest absolute Gasteiger partial charge is 0.366 e. The molecule has 1 unspecified atom stereocenters. The summed E-state index contributed by atoms with van der Waals surface area (Å²) in [6.07, 6.45) is 0.587. The molecule has 0 radical (unpaired) electrons. The maximum atomic E-state index is 11.3. The van der Waals surface area contributed by atoms with Gasteiger partial charge in [0.15, 0.2) is 5.72 Å². The molecular weight excluding hydrogens is 248 g/mol. The quantitative estimate of drug-likeness (QED) is 0.902. The van der Waals surface area contributed by atoms with Crippen LogP contribution >= 0.6 is 0 Å². The summed E-state index contributed by atoms with van der Waals surface area (Å²) < 4.78 is 0. The monoisotopic (exact) mass is 264 g/mol. The number of fused-ring (bicyclic) bond motifs is 3. The molecule has 1 atom stereocenters. The Balaban J connectivity index is 1.83. The van der Waals surface area contributed by atoms with Crippen LogP contribution in [0.4, 0.5) is 0 Å². The third-order valence-electron chi connectivity index (χ3n) is 4.18. The number of aliphatic imine (C=N–C) groups is 1. The van der Waals surface area contributed by atoms with Gasteiger partial charge in [-0.25, -0.2) is 0 Å². The van der Waals surface area contributed by atoms with Crippen LogP contribution in [-0.4, -0.2) is 28.9 Å². The van der Waals surface area contributed by atoms with Crippen LogP contribution in [0.3, 0.4) is 0 Å². The number of hydrogen-bond acceptors (Lipinski definition) is 3. The highest BCUT2D eigenvalue weighted by Gasteiger charge is 2.48. The van der Waals surface area contributed by atoms with Crippen LogP contribution in [0.15, 0.2) is 59.6 Å². The Labute approximate surface area is 118 Å². The van der Waals surface area contributed by atoms with Crippen LogP contribution in [-0.2, 0) is 12.1 Å². The summed E-state index contributed by atoms with van der Waals surface area (Å²) in [6, 6.07) is 18.2. The van der Waals surface area contributed by atoms with Gasteiger partial charge in [-0.2, -0.15) is 0 Å². The Morgan fingerprint density at radius 3 is 2.65 bits per heavy atom. The molecule has 0 amide bonds. The summed E-state index contributed by atoms with van der Waals surface area (Å²) in [7, 11) is 0. The van der Waals surface area contributed by atoms with E-state index in [2.05, 4.69) is 23.2 Å². The summed E-state index contributed by atoms with van der Waals surface area (Å²) in [6.45, 7) is 1.55. The number of aliphatic hydroxyl groups is 1. The number of benzene rings is 2. The fourth-order valence-corrected chi connectivity index (χ4v) is 3.28. The van der Waals surface area contributed by atoms with E-state index in [9.17, 15) is 5.11 Å². The lowest BCUT2D eigenvalue weighted by Crippen LogP contribution is -2.44. The summed E-state index contributed by atoms with van der Waals surface area (Å²) in [5.41, 5.74) is 2.22. The molecular formula is C17H16N2O. The SMILES string of the molecule is OC1(Cc2ccccc2)c2ccccc2C2=NCCN21. The van der Waals surface area contributed by atoms with E-state index in [4.69, 9.17) is 0 Å². The molecule has 2 aliphatic rings. The predicted molar refractivity (Wildman–Crippen MR) is 78.6 cm³/mol. The lowest BCUT2D eigenvalue weighted by atomic mass is 9.94. The van der Waals surface area contributed by atoms with Gasteiger partial charge in [-0.1, -0.05) is 54.6 Å². The van der Waals surface area contributed by atoms with E-state index in [1.54, 1.807) is 0 Å². The first-order valence-electron chi connectivity index (χ1n) is 6.97. The average molecular weight is 264 g/mol. The van der Waals surface area contributed by atoms with Crippen molar-refractivity contribution < 1.29 is 5.11 Å². The van der Waals surface area contributed by atoms with E-state index in [-0.39, 0.29) is 0 Å². The van der Waals surface area contributed by atoms with E-state index < -0.39 is 5.72 Å². The zero-order valence-corrected chi connectivity index (χ0v) is 11.2.